The average molecular weight is 307 g/mol. The van der Waals surface area contributed by atoms with Crippen molar-refractivity contribution in [3.63, 3.8) is 0 Å². The highest BCUT2D eigenvalue weighted by atomic mass is 16.6. The second kappa shape index (κ2) is 6.74. The van der Waals surface area contributed by atoms with Crippen molar-refractivity contribution in [1.82, 2.24) is 9.80 Å². The Hall–Kier alpha value is -2.15. The zero-order valence-electron chi connectivity index (χ0n) is 13.1. The van der Waals surface area contributed by atoms with Crippen LogP contribution in [-0.2, 0) is 4.79 Å². The van der Waals surface area contributed by atoms with Gasteiger partial charge in [-0.25, -0.2) is 0 Å². The van der Waals surface area contributed by atoms with E-state index in [4.69, 9.17) is 4.74 Å². The van der Waals surface area contributed by atoms with Crippen LogP contribution in [0.2, 0.25) is 0 Å². The fourth-order valence-electron chi connectivity index (χ4n) is 2.74. The molecule has 1 unspecified atom stereocenters. The summed E-state index contributed by atoms with van der Waals surface area (Å²) in [6.45, 7) is 6.65. The molecule has 1 aromatic carbocycles. The number of hydrogen-bond donors (Lipinski definition) is 0. The van der Waals surface area contributed by atoms with E-state index >= 15 is 0 Å². The van der Waals surface area contributed by atoms with Crippen molar-refractivity contribution < 1.29 is 14.5 Å². The van der Waals surface area contributed by atoms with Crippen LogP contribution in [-0.4, -0.2) is 53.9 Å². The third-order valence-electron chi connectivity index (χ3n) is 4.19. The summed E-state index contributed by atoms with van der Waals surface area (Å²) in [4.78, 5) is 25.9. The Morgan fingerprint density at radius 2 is 1.95 bits per heavy atom. The van der Waals surface area contributed by atoms with Crippen LogP contribution >= 0.6 is 0 Å². The van der Waals surface area contributed by atoms with Gasteiger partial charge in [0.1, 0.15) is 0 Å². The van der Waals surface area contributed by atoms with Gasteiger partial charge in [-0.1, -0.05) is 6.07 Å². The van der Waals surface area contributed by atoms with Crippen molar-refractivity contribution in [1.29, 1.82) is 0 Å². The highest BCUT2D eigenvalue weighted by molar-refractivity contribution is 5.73. The predicted octanol–water partition coefficient (Wildman–Crippen LogP) is 1.83. The van der Waals surface area contributed by atoms with E-state index in [2.05, 4.69) is 11.8 Å². The molecule has 0 bridgehead atoms. The van der Waals surface area contributed by atoms with Crippen LogP contribution < -0.4 is 4.74 Å². The van der Waals surface area contributed by atoms with Crippen LogP contribution in [0.15, 0.2) is 18.2 Å². The average Bonchev–Trinajstić information content (AvgIpc) is 2.53. The lowest BCUT2D eigenvalue weighted by Crippen LogP contribution is -2.48. The lowest BCUT2D eigenvalue weighted by atomic mass is 10.0. The molecule has 0 N–H and O–H groups in total. The number of methoxy groups -OCH3 is 1. The molecular weight excluding hydrogens is 286 g/mol. The number of nitro benzene ring substituents is 1. The van der Waals surface area contributed by atoms with E-state index < -0.39 is 4.92 Å². The van der Waals surface area contributed by atoms with Crippen LogP contribution in [0.25, 0.3) is 0 Å². The summed E-state index contributed by atoms with van der Waals surface area (Å²) in [6.07, 6.45) is 0. The van der Waals surface area contributed by atoms with Gasteiger partial charge >= 0.3 is 5.69 Å². The fourth-order valence-corrected chi connectivity index (χ4v) is 2.74. The maximum absolute atomic E-state index is 11.4. The van der Waals surface area contributed by atoms with Gasteiger partial charge < -0.3 is 9.64 Å². The standard InChI is InChI=1S/C15H21N3O4/c1-11(16-6-8-17(9-7-16)12(2)19)13-4-5-14(18(20)21)15(10-13)22-3/h4-5,10-11H,6-9H2,1-3H3. The van der Waals surface area contributed by atoms with Crippen molar-refractivity contribution in [2.45, 2.75) is 19.9 Å². The summed E-state index contributed by atoms with van der Waals surface area (Å²) in [6, 6.07) is 5.09. The number of ether oxygens (including phenoxy) is 1. The predicted molar refractivity (Wildman–Crippen MR) is 81.9 cm³/mol. The zero-order chi connectivity index (χ0) is 16.3. The van der Waals surface area contributed by atoms with Crippen molar-refractivity contribution in [3.05, 3.63) is 33.9 Å². The SMILES string of the molecule is COc1cc(C(C)N2CCN(C(C)=O)CC2)ccc1[N+](=O)[O-]. The first-order valence-electron chi connectivity index (χ1n) is 7.26. The molecule has 1 aromatic rings. The van der Waals surface area contributed by atoms with Gasteiger partial charge in [-0.05, 0) is 18.6 Å². The third-order valence-corrected chi connectivity index (χ3v) is 4.19. The Kier molecular flexibility index (Phi) is 4.97. The Morgan fingerprint density at radius 3 is 2.45 bits per heavy atom. The Morgan fingerprint density at radius 1 is 1.32 bits per heavy atom. The van der Waals surface area contributed by atoms with Crippen LogP contribution in [0.4, 0.5) is 5.69 Å². The van der Waals surface area contributed by atoms with E-state index in [9.17, 15) is 14.9 Å². The van der Waals surface area contributed by atoms with Crippen molar-refractivity contribution in [2.24, 2.45) is 0 Å². The highest BCUT2D eigenvalue weighted by Crippen LogP contribution is 2.31. The van der Waals surface area contributed by atoms with E-state index in [1.54, 1.807) is 19.1 Å². The van der Waals surface area contributed by atoms with Gasteiger partial charge in [-0.3, -0.25) is 19.8 Å². The van der Waals surface area contributed by atoms with Gasteiger partial charge in [0.25, 0.3) is 0 Å². The topological polar surface area (TPSA) is 75.9 Å². The van der Waals surface area contributed by atoms with E-state index in [1.165, 1.54) is 13.2 Å². The summed E-state index contributed by atoms with van der Waals surface area (Å²) < 4.78 is 5.12. The van der Waals surface area contributed by atoms with E-state index in [0.29, 0.717) is 13.1 Å². The normalized spacial score (nSPS) is 17.1. The summed E-state index contributed by atoms with van der Waals surface area (Å²) in [7, 11) is 1.43. The molecule has 1 atom stereocenters. The minimum Gasteiger partial charge on any atom is -0.490 e. The number of rotatable bonds is 4. The molecular formula is C15H21N3O4. The van der Waals surface area contributed by atoms with Gasteiger partial charge in [0.15, 0.2) is 5.75 Å². The summed E-state index contributed by atoms with van der Waals surface area (Å²) in [5, 5.41) is 10.9. The van der Waals surface area contributed by atoms with Crippen molar-refractivity contribution >= 4 is 11.6 Å². The Balaban J connectivity index is 2.11. The quantitative estimate of drug-likeness (QED) is 0.626. The van der Waals surface area contributed by atoms with E-state index in [-0.39, 0.29) is 23.4 Å². The lowest BCUT2D eigenvalue weighted by Gasteiger charge is -2.37. The summed E-state index contributed by atoms with van der Waals surface area (Å²) in [5.74, 6) is 0.376. The van der Waals surface area contributed by atoms with Gasteiger partial charge in [0.05, 0.1) is 12.0 Å². The highest BCUT2D eigenvalue weighted by Gasteiger charge is 2.24. The van der Waals surface area contributed by atoms with Crippen molar-refractivity contribution in [3.8, 4) is 5.75 Å². The van der Waals surface area contributed by atoms with Gasteiger partial charge in [0.2, 0.25) is 5.91 Å². The number of amides is 1. The smallest absolute Gasteiger partial charge is 0.310 e. The minimum absolute atomic E-state index is 0.0279. The number of nitro groups is 1. The number of hydrogen-bond acceptors (Lipinski definition) is 5. The molecule has 0 aliphatic carbocycles. The van der Waals surface area contributed by atoms with E-state index in [1.807, 2.05) is 4.90 Å². The monoisotopic (exact) mass is 307 g/mol. The second-order valence-electron chi connectivity index (χ2n) is 5.41. The minimum atomic E-state index is -0.446. The molecule has 1 fully saturated rings. The second-order valence-corrected chi connectivity index (χ2v) is 5.41. The number of benzene rings is 1. The molecule has 0 aromatic heterocycles. The maximum Gasteiger partial charge on any atom is 0.310 e. The summed E-state index contributed by atoms with van der Waals surface area (Å²) >= 11 is 0. The molecule has 0 spiro atoms. The first-order valence-corrected chi connectivity index (χ1v) is 7.26. The fraction of sp³-hybridized carbons (Fsp3) is 0.533. The number of carbonyl (C=O) groups excluding carboxylic acids is 1. The molecule has 1 aliphatic heterocycles. The first kappa shape index (κ1) is 16.2. The molecule has 7 nitrogen and oxygen atoms in total. The van der Waals surface area contributed by atoms with E-state index in [0.717, 1.165) is 18.7 Å². The van der Waals surface area contributed by atoms with Crippen LogP contribution in [0.3, 0.4) is 0 Å². The third kappa shape index (κ3) is 3.36. The molecule has 2 rings (SSSR count). The lowest BCUT2D eigenvalue weighted by molar-refractivity contribution is -0.385. The molecule has 1 heterocycles. The summed E-state index contributed by atoms with van der Waals surface area (Å²) in [5.41, 5.74) is 0.943. The Labute approximate surface area is 129 Å². The molecule has 1 saturated heterocycles. The molecule has 1 amide bonds. The number of carbonyl (C=O) groups is 1. The van der Waals surface area contributed by atoms with Crippen LogP contribution in [0, 0.1) is 10.1 Å². The number of piperazine rings is 1. The van der Waals surface area contributed by atoms with Crippen LogP contribution in [0.1, 0.15) is 25.5 Å². The molecule has 120 valence electrons. The number of nitrogens with zero attached hydrogens (tertiary/aromatic N) is 3. The largest absolute Gasteiger partial charge is 0.490 e. The molecule has 22 heavy (non-hydrogen) atoms. The zero-order valence-corrected chi connectivity index (χ0v) is 13.1. The maximum atomic E-state index is 11.4. The molecule has 1 aliphatic rings. The molecule has 0 saturated carbocycles. The molecule has 0 radical (unpaired) electrons. The molecule has 7 heteroatoms. The van der Waals surface area contributed by atoms with Gasteiger partial charge in [-0.2, -0.15) is 0 Å². The van der Waals surface area contributed by atoms with Crippen molar-refractivity contribution in [2.75, 3.05) is 33.3 Å². The van der Waals surface area contributed by atoms with Gasteiger partial charge in [0, 0.05) is 45.2 Å². The Bertz CT molecular complexity index is 568. The van der Waals surface area contributed by atoms with Gasteiger partial charge in [-0.15, -0.1) is 0 Å². The van der Waals surface area contributed by atoms with Crippen LogP contribution in [0.5, 0.6) is 5.75 Å². The first-order chi connectivity index (χ1) is 10.4.